The van der Waals surface area contributed by atoms with Crippen molar-refractivity contribution in [1.82, 2.24) is 0 Å². The number of allylic oxidation sites excluding steroid dienone is 2. The zero-order chi connectivity index (χ0) is 26.9. The van der Waals surface area contributed by atoms with Crippen LogP contribution in [0.15, 0.2) is 12.2 Å². The molecule has 220 valence electrons. The number of carbonyl (C=O) groups excluding carboxylic acids is 1. The van der Waals surface area contributed by atoms with Crippen LogP contribution in [0.2, 0.25) is 0 Å². The molecule has 2 heteroatoms. The molecule has 0 radical (unpaired) electrons. The quantitative estimate of drug-likeness (QED) is 0.0516. The van der Waals surface area contributed by atoms with Crippen LogP contribution in [0.4, 0.5) is 0 Å². The van der Waals surface area contributed by atoms with E-state index in [2.05, 4.69) is 26.0 Å². The molecule has 0 aliphatic heterocycles. The van der Waals surface area contributed by atoms with E-state index in [1.165, 1.54) is 161 Å². The van der Waals surface area contributed by atoms with Crippen LogP contribution in [-0.4, -0.2) is 12.6 Å². The molecule has 0 aliphatic carbocycles. The molecule has 0 aromatic carbocycles. The Labute approximate surface area is 234 Å². The molecule has 0 unspecified atom stereocenters. The van der Waals surface area contributed by atoms with E-state index in [0.717, 1.165) is 19.3 Å². The standard InChI is InChI=1S/C35H68O2/c1-3-5-7-9-11-13-15-17-19-21-23-25-27-29-31-33-35(36)37-34-32-30-28-26-24-22-20-18-16-14-12-10-8-6-4-2/h17,19H,3-16,18,20-34H2,1-2H3/b19-17+. The van der Waals surface area contributed by atoms with Crippen molar-refractivity contribution in [2.24, 2.45) is 0 Å². The largest absolute Gasteiger partial charge is 0.466 e. The molecule has 0 saturated heterocycles. The normalized spacial score (nSPS) is 11.5. The molecular formula is C35H68O2. The molecule has 0 spiro atoms. The molecule has 0 aromatic rings. The summed E-state index contributed by atoms with van der Waals surface area (Å²) in [6.45, 7) is 5.19. The fourth-order valence-corrected chi connectivity index (χ4v) is 5.07. The fourth-order valence-electron chi connectivity index (χ4n) is 5.07. The van der Waals surface area contributed by atoms with Gasteiger partial charge in [-0.3, -0.25) is 4.79 Å². The minimum atomic E-state index is 0.0167. The van der Waals surface area contributed by atoms with Crippen LogP contribution in [0.25, 0.3) is 0 Å². The molecule has 0 atom stereocenters. The number of hydrogen-bond acceptors (Lipinski definition) is 2. The average molecular weight is 521 g/mol. The lowest BCUT2D eigenvalue weighted by molar-refractivity contribution is -0.143. The lowest BCUT2D eigenvalue weighted by atomic mass is 10.0. The Hall–Kier alpha value is -0.790. The molecule has 2 nitrogen and oxygen atoms in total. The number of unbranched alkanes of at least 4 members (excludes halogenated alkanes) is 25. The van der Waals surface area contributed by atoms with Crippen molar-refractivity contribution in [3.8, 4) is 0 Å². The molecule has 37 heavy (non-hydrogen) atoms. The molecule has 0 heterocycles. The maximum atomic E-state index is 11.9. The topological polar surface area (TPSA) is 26.3 Å². The first kappa shape index (κ1) is 36.2. The average Bonchev–Trinajstić information content (AvgIpc) is 2.90. The summed E-state index contributed by atoms with van der Waals surface area (Å²) < 4.78 is 5.43. The maximum Gasteiger partial charge on any atom is 0.305 e. The van der Waals surface area contributed by atoms with E-state index < -0.39 is 0 Å². The third-order valence-electron chi connectivity index (χ3n) is 7.65. The third-order valence-corrected chi connectivity index (χ3v) is 7.65. The van der Waals surface area contributed by atoms with Gasteiger partial charge in [-0.2, -0.15) is 0 Å². The second-order valence-corrected chi connectivity index (χ2v) is 11.5. The summed E-state index contributed by atoms with van der Waals surface area (Å²) in [6, 6.07) is 0. The van der Waals surface area contributed by atoms with E-state index in [4.69, 9.17) is 4.74 Å². The van der Waals surface area contributed by atoms with Crippen LogP contribution >= 0.6 is 0 Å². The fraction of sp³-hybridized carbons (Fsp3) is 0.914. The van der Waals surface area contributed by atoms with Gasteiger partial charge >= 0.3 is 5.97 Å². The molecule has 0 amide bonds. The van der Waals surface area contributed by atoms with E-state index in [1.807, 2.05) is 0 Å². The van der Waals surface area contributed by atoms with Crippen LogP contribution in [0.3, 0.4) is 0 Å². The Balaban J connectivity index is 3.19. The van der Waals surface area contributed by atoms with Crippen LogP contribution < -0.4 is 0 Å². The van der Waals surface area contributed by atoms with Gasteiger partial charge in [0.05, 0.1) is 6.61 Å². The Morgan fingerprint density at radius 1 is 0.432 bits per heavy atom. The highest BCUT2D eigenvalue weighted by atomic mass is 16.5. The lowest BCUT2D eigenvalue weighted by Gasteiger charge is -2.05. The minimum Gasteiger partial charge on any atom is -0.466 e. The first-order valence-electron chi connectivity index (χ1n) is 17.1. The number of esters is 1. The van der Waals surface area contributed by atoms with Gasteiger partial charge in [0.2, 0.25) is 0 Å². The van der Waals surface area contributed by atoms with Crippen LogP contribution in [-0.2, 0) is 9.53 Å². The second kappa shape index (κ2) is 33.2. The van der Waals surface area contributed by atoms with Gasteiger partial charge in [-0.15, -0.1) is 0 Å². The molecule has 0 N–H and O–H groups in total. The van der Waals surface area contributed by atoms with Crippen molar-refractivity contribution in [3.05, 3.63) is 12.2 Å². The SMILES string of the molecule is CCCCCCCC/C=C/CCCCCCCC(=O)OCCCCCCCCCCCCCCCCC. The van der Waals surface area contributed by atoms with Crippen molar-refractivity contribution in [2.75, 3.05) is 6.61 Å². The first-order valence-corrected chi connectivity index (χ1v) is 17.1. The van der Waals surface area contributed by atoms with Gasteiger partial charge in [-0.25, -0.2) is 0 Å². The number of rotatable bonds is 31. The second-order valence-electron chi connectivity index (χ2n) is 11.5. The Bertz CT molecular complexity index is 456. The maximum absolute atomic E-state index is 11.9. The van der Waals surface area contributed by atoms with Crippen molar-refractivity contribution in [3.63, 3.8) is 0 Å². The predicted octanol–water partition coefficient (Wildman–Crippen LogP) is 12.4. The highest BCUT2D eigenvalue weighted by Gasteiger charge is 2.02. The van der Waals surface area contributed by atoms with Crippen LogP contribution in [0.1, 0.15) is 200 Å². The predicted molar refractivity (Wildman–Crippen MR) is 165 cm³/mol. The Morgan fingerprint density at radius 3 is 1.16 bits per heavy atom. The summed E-state index contributed by atoms with van der Waals surface area (Å²) in [5.41, 5.74) is 0. The summed E-state index contributed by atoms with van der Waals surface area (Å²) in [4.78, 5) is 11.9. The third kappa shape index (κ3) is 33.2. The number of hydrogen-bond donors (Lipinski definition) is 0. The Kier molecular flexibility index (Phi) is 32.5. The highest BCUT2D eigenvalue weighted by Crippen LogP contribution is 2.14. The molecule has 0 fully saturated rings. The van der Waals surface area contributed by atoms with Gasteiger partial charge < -0.3 is 4.74 Å². The van der Waals surface area contributed by atoms with E-state index in [-0.39, 0.29) is 5.97 Å². The van der Waals surface area contributed by atoms with Gasteiger partial charge in [0.25, 0.3) is 0 Å². The van der Waals surface area contributed by atoms with Gasteiger partial charge in [-0.1, -0.05) is 167 Å². The number of carbonyl (C=O) groups is 1. The van der Waals surface area contributed by atoms with E-state index in [9.17, 15) is 4.79 Å². The molecule has 0 aromatic heterocycles. The number of ether oxygens (including phenoxy) is 1. The van der Waals surface area contributed by atoms with E-state index in [0.29, 0.717) is 13.0 Å². The molecule has 0 saturated carbocycles. The summed E-state index contributed by atoms with van der Waals surface area (Å²) in [7, 11) is 0. The first-order chi connectivity index (χ1) is 18.3. The monoisotopic (exact) mass is 521 g/mol. The van der Waals surface area contributed by atoms with Gasteiger partial charge in [-0.05, 0) is 38.5 Å². The summed E-state index contributed by atoms with van der Waals surface area (Å²) in [6.07, 6.45) is 42.6. The van der Waals surface area contributed by atoms with E-state index in [1.54, 1.807) is 0 Å². The minimum absolute atomic E-state index is 0.0167. The Morgan fingerprint density at radius 2 is 0.757 bits per heavy atom. The van der Waals surface area contributed by atoms with Crippen LogP contribution in [0.5, 0.6) is 0 Å². The zero-order valence-corrected chi connectivity index (χ0v) is 25.7. The lowest BCUT2D eigenvalue weighted by Crippen LogP contribution is -2.05. The van der Waals surface area contributed by atoms with Gasteiger partial charge in [0, 0.05) is 6.42 Å². The zero-order valence-electron chi connectivity index (χ0n) is 25.7. The van der Waals surface area contributed by atoms with Gasteiger partial charge in [0.1, 0.15) is 0 Å². The molecular weight excluding hydrogens is 452 g/mol. The summed E-state index contributed by atoms with van der Waals surface area (Å²) in [5.74, 6) is 0.0167. The van der Waals surface area contributed by atoms with Crippen molar-refractivity contribution >= 4 is 5.97 Å². The molecule has 0 aliphatic rings. The highest BCUT2D eigenvalue weighted by molar-refractivity contribution is 5.69. The van der Waals surface area contributed by atoms with Crippen molar-refractivity contribution in [1.29, 1.82) is 0 Å². The summed E-state index contributed by atoms with van der Waals surface area (Å²) in [5, 5.41) is 0. The van der Waals surface area contributed by atoms with Gasteiger partial charge in [0.15, 0.2) is 0 Å². The van der Waals surface area contributed by atoms with Crippen molar-refractivity contribution < 1.29 is 9.53 Å². The van der Waals surface area contributed by atoms with Crippen molar-refractivity contribution in [2.45, 2.75) is 200 Å². The molecule has 0 rings (SSSR count). The smallest absolute Gasteiger partial charge is 0.305 e. The van der Waals surface area contributed by atoms with Crippen LogP contribution in [0, 0.1) is 0 Å². The van der Waals surface area contributed by atoms with E-state index >= 15 is 0 Å². The molecule has 0 bridgehead atoms. The summed E-state index contributed by atoms with van der Waals surface area (Å²) >= 11 is 0.